The van der Waals surface area contributed by atoms with Gasteiger partial charge in [0.05, 0.1) is 33.8 Å². The van der Waals surface area contributed by atoms with Crippen LogP contribution in [0.1, 0.15) is 10.6 Å². The van der Waals surface area contributed by atoms with Crippen molar-refractivity contribution >= 4 is 46.2 Å². The van der Waals surface area contributed by atoms with Crippen molar-refractivity contribution in [1.29, 1.82) is 0 Å². The molecule has 7 heteroatoms. The number of nitrogens with one attached hydrogen (secondary N) is 1. The Hall–Kier alpha value is -1.24. The maximum atomic E-state index is 13.4. The molecule has 0 aliphatic rings. The molecule has 0 aliphatic heterocycles. The number of halogens is 2. The van der Waals surface area contributed by atoms with Crippen LogP contribution in [0.2, 0.25) is 5.02 Å². The number of hydrogen-bond acceptors (Lipinski definition) is 3. The molecule has 0 unspecified atom stereocenters. The van der Waals surface area contributed by atoms with E-state index in [-0.39, 0.29) is 5.02 Å². The average Bonchev–Trinajstić information content (AvgIpc) is 2.88. The lowest BCUT2D eigenvalue weighted by molar-refractivity contribution is 0.629. The lowest BCUT2D eigenvalue weighted by Gasteiger charge is -2.04. The third-order valence-electron chi connectivity index (χ3n) is 2.96. The zero-order valence-electron chi connectivity index (χ0n) is 9.91. The van der Waals surface area contributed by atoms with Crippen LogP contribution in [-0.2, 0) is 6.54 Å². The molecule has 1 N–H and O–H groups in total. The molecule has 1 aromatic carbocycles. The van der Waals surface area contributed by atoms with E-state index in [4.69, 9.17) is 23.8 Å². The minimum atomic E-state index is -0.452. The number of fused-ring (bicyclic) bond motifs is 1. The van der Waals surface area contributed by atoms with Crippen LogP contribution in [0.5, 0.6) is 0 Å². The summed E-state index contributed by atoms with van der Waals surface area (Å²) in [5.41, 5.74) is 4.23. The first-order valence-corrected chi connectivity index (χ1v) is 7.19. The van der Waals surface area contributed by atoms with E-state index < -0.39 is 5.82 Å². The van der Waals surface area contributed by atoms with Crippen LogP contribution >= 0.6 is 35.2 Å². The van der Waals surface area contributed by atoms with Crippen molar-refractivity contribution < 1.29 is 4.39 Å². The molecule has 19 heavy (non-hydrogen) atoms. The monoisotopic (exact) mass is 313 g/mol. The van der Waals surface area contributed by atoms with Gasteiger partial charge in [0, 0.05) is 10.9 Å². The highest BCUT2D eigenvalue weighted by atomic mass is 35.5. The van der Waals surface area contributed by atoms with Gasteiger partial charge in [0.1, 0.15) is 5.82 Å². The van der Waals surface area contributed by atoms with Crippen LogP contribution in [-0.4, -0.2) is 14.5 Å². The van der Waals surface area contributed by atoms with Crippen LogP contribution in [0, 0.1) is 17.5 Å². The highest BCUT2D eigenvalue weighted by Gasteiger charge is 2.11. The molecule has 98 valence electrons. The Morgan fingerprint density at radius 3 is 3.00 bits per heavy atom. The van der Waals surface area contributed by atoms with Crippen LogP contribution in [0.25, 0.3) is 11.0 Å². The van der Waals surface area contributed by atoms with Crippen LogP contribution in [0.3, 0.4) is 0 Å². The van der Waals surface area contributed by atoms with Gasteiger partial charge in [0.2, 0.25) is 0 Å². The fourth-order valence-electron chi connectivity index (χ4n) is 1.93. The Morgan fingerprint density at radius 1 is 1.53 bits per heavy atom. The number of benzene rings is 1. The third-order valence-corrected chi connectivity index (χ3v) is 4.49. The fraction of sp³-hybridized carbons (Fsp3) is 0.167. The van der Waals surface area contributed by atoms with Crippen molar-refractivity contribution in [3.05, 3.63) is 43.8 Å². The molecule has 0 bridgehead atoms. The molecule has 0 spiro atoms. The number of aromatic amines is 1. The van der Waals surface area contributed by atoms with Crippen molar-refractivity contribution in [1.82, 2.24) is 14.5 Å². The Labute approximate surface area is 122 Å². The Kier molecular flexibility index (Phi) is 3.16. The summed E-state index contributed by atoms with van der Waals surface area (Å²) in [6.45, 7) is 2.56. The Morgan fingerprint density at radius 2 is 2.32 bits per heavy atom. The fourth-order valence-corrected chi connectivity index (χ4v) is 3.13. The summed E-state index contributed by atoms with van der Waals surface area (Å²) < 4.78 is 15.9. The van der Waals surface area contributed by atoms with Gasteiger partial charge in [-0.2, -0.15) is 0 Å². The van der Waals surface area contributed by atoms with E-state index in [0.717, 1.165) is 16.1 Å². The van der Waals surface area contributed by atoms with Crippen molar-refractivity contribution in [3.8, 4) is 0 Å². The second kappa shape index (κ2) is 4.70. The highest BCUT2D eigenvalue weighted by Crippen LogP contribution is 2.24. The van der Waals surface area contributed by atoms with Gasteiger partial charge in [0.15, 0.2) is 4.77 Å². The van der Waals surface area contributed by atoms with Crippen molar-refractivity contribution in [2.24, 2.45) is 0 Å². The molecule has 0 radical (unpaired) electrons. The number of H-pyrrole nitrogens is 1. The smallest absolute Gasteiger partial charge is 0.178 e. The van der Waals surface area contributed by atoms with E-state index in [2.05, 4.69) is 9.97 Å². The normalized spacial score (nSPS) is 11.3. The Balaban J connectivity index is 2.18. The molecule has 0 atom stereocenters. The summed E-state index contributed by atoms with van der Waals surface area (Å²) >= 11 is 12.7. The van der Waals surface area contributed by atoms with Gasteiger partial charge in [-0.3, -0.25) is 0 Å². The summed E-state index contributed by atoms with van der Waals surface area (Å²) in [7, 11) is 0. The van der Waals surface area contributed by atoms with Crippen molar-refractivity contribution in [2.45, 2.75) is 13.5 Å². The van der Waals surface area contributed by atoms with E-state index in [1.165, 1.54) is 6.07 Å². The summed E-state index contributed by atoms with van der Waals surface area (Å²) in [4.78, 5) is 8.33. The van der Waals surface area contributed by atoms with Gasteiger partial charge in [-0.25, -0.2) is 9.37 Å². The summed E-state index contributed by atoms with van der Waals surface area (Å²) in [5.74, 6) is -0.452. The maximum absolute atomic E-state index is 13.4. The molecule has 0 fully saturated rings. The molecule has 2 heterocycles. The van der Waals surface area contributed by atoms with Gasteiger partial charge in [-0.15, -0.1) is 11.3 Å². The molecule has 0 aliphatic carbocycles. The van der Waals surface area contributed by atoms with E-state index >= 15 is 0 Å². The molecular weight excluding hydrogens is 305 g/mol. The molecule has 0 saturated heterocycles. The molecular formula is C12H9ClFN3S2. The number of thiazole rings is 1. The van der Waals surface area contributed by atoms with Crippen LogP contribution in [0.4, 0.5) is 4.39 Å². The quantitative estimate of drug-likeness (QED) is 0.715. The maximum Gasteiger partial charge on any atom is 0.178 e. The second-order valence-electron chi connectivity index (χ2n) is 4.16. The molecule has 3 nitrogen and oxygen atoms in total. The number of imidazole rings is 1. The largest absolute Gasteiger partial charge is 0.330 e. The highest BCUT2D eigenvalue weighted by molar-refractivity contribution is 7.71. The van der Waals surface area contributed by atoms with Crippen molar-refractivity contribution in [2.75, 3.05) is 0 Å². The van der Waals surface area contributed by atoms with Crippen LogP contribution < -0.4 is 0 Å². The number of nitrogens with zero attached hydrogens (tertiary/aromatic N) is 2. The van der Waals surface area contributed by atoms with E-state index in [1.807, 2.05) is 11.5 Å². The average molecular weight is 314 g/mol. The zero-order chi connectivity index (χ0) is 13.6. The van der Waals surface area contributed by atoms with E-state index in [1.54, 1.807) is 22.9 Å². The van der Waals surface area contributed by atoms with Gasteiger partial charge < -0.3 is 9.55 Å². The van der Waals surface area contributed by atoms with Crippen LogP contribution in [0.15, 0.2) is 17.6 Å². The topological polar surface area (TPSA) is 33.6 Å². The standard InChI is InChI=1S/C12H9ClFN3S2/c1-6-11(19-5-15-6)4-17-10-2-7(13)8(14)3-9(10)16-12(17)18/h2-3,5H,4H2,1H3,(H,16,18). The second-order valence-corrected chi connectivity index (χ2v) is 5.89. The lowest BCUT2D eigenvalue weighted by Crippen LogP contribution is -1.99. The number of aryl methyl sites for hydroxylation is 1. The first-order valence-electron chi connectivity index (χ1n) is 5.53. The zero-order valence-corrected chi connectivity index (χ0v) is 12.3. The number of rotatable bonds is 2. The number of hydrogen-bond donors (Lipinski definition) is 1. The summed E-state index contributed by atoms with van der Waals surface area (Å²) in [6, 6.07) is 2.96. The van der Waals surface area contributed by atoms with Gasteiger partial charge in [-0.1, -0.05) is 11.6 Å². The number of aromatic nitrogens is 3. The Bertz CT molecular complexity index is 818. The van der Waals surface area contributed by atoms with Gasteiger partial charge >= 0.3 is 0 Å². The van der Waals surface area contributed by atoms with Gasteiger partial charge in [-0.05, 0) is 25.2 Å². The van der Waals surface area contributed by atoms with E-state index in [9.17, 15) is 4.39 Å². The predicted molar refractivity (Wildman–Crippen MR) is 78.0 cm³/mol. The van der Waals surface area contributed by atoms with E-state index in [0.29, 0.717) is 16.8 Å². The summed E-state index contributed by atoms with van der Waals surface area (Å²) in [5, 5.41) is 0.0938. The first kappa shape index (κ1) is 12.8. The summed E-state index contributed by atoms with van der Waals surface area (Å²) in [6.07, 6.45) is 0. The molecule has 3 rings (SSSR count). The lowest BCUT2D eigenvalue weighted by atomic mass is 10.3. The molecule has 2 aromatic heterocycles. The first-order chi connectivity index (χ1) is 9.06. The molecule has 0 saturated carbocycles. The predicted octanol–water partition coefficient (Wildman–Crippen LogP) is 4.30. The van der Waals surface area contributed by atoms with Gasteiger partial charge in [0.25, 0.3) is 0 Å². The van der Waals surface area contributed by atoms with Crippen molar-refractivity contribution in [3.63, 3.8) is 0 Å². The minimum Gasteiger partial charge on any atom is -0.330 e. The molecule has 3 aromatic rings. The SMILES string of the molecule is Cc1ncsc1Cn1c(=S)[nH]c2cc(F)c(Cl)cc21. The minimum absolute atomic E-state index is 0.0938. The molecule has 0 amide bonds. The third kappa shape index (κ3) is 2.20.